The number of aromatic nitrogens is 2. The third-order valence-corrected chi connectivity index (χ3v) is 4.26. The van der Waals surface area contributed by atoms with E-state index in [-0.39, 0.29) is 0 Å². The molecule has 0 spiro atoms. The largest absolute Gasteiger partial charge is 0.354 e. The number of hydrogen-bond donors (Lipinski definition) is 2. The van der Waals surface area contributed by atoms with Crippen LogP contribution < -0.4 is 10.6 Å². The Morgan fingerprint density at radius 1 is 1.20 bits per heavy atom. The molecule has 4 nitrogen and oxygen atoms in total. The number of nitrogens with zero attached hydrogens (tertiary/aromatic N) is 2. The molecule has 2 aromatic rings. The lowest BCUT2D eigenvalue weighted by Crippen LogP contribution is -2.05. The zero-order chi connectivity index (χ0) is 14.7. The van der Waals surface area contributed by atoms with Gasteiger partial charge in [-0.25, -0.2) is 4.98 Å². The average molecular weight is 376 g/mol. The predicted octanol–water partition coefficient (Wildman–Crippen LogP) is 5.03. The summed E-state index contributed by atoms with van der Waals surface area (Å²) < 4.78 is 0.752. The minimum atomic E-state index is 0.447. The fourth-order valence-corrected chi connectivity index (χ4v) is 2.45. The monoisotopic (exact) mass is 374 g/mol. The van der Waals surface area contributed by atoms with Crippen LogP contribution in [0.15, 0.2) is 22.7 Å². The van der Waals surface area contributed by atoms with Crippen LogP contribution in [0.4, 0.5) is 17.5 Å². The second-order valence-electron chi connectivity index (χ2n) is 4.10. The number of hydrogen-bond acceptors (Lipinski definition) is 4. The molecule has 0 aliphatic rings. The Labute approximate surface area is 136 Å². The van der Waals surface area contributed by atoms with Crippen LogP contribution in [0.1, 0.15) is 12.6 Å². The first-order valence-corrected chi connectivity index (χ1v) is 7.56. The first-order valence-electron chi connectivity index (χ1n) is 6.01. The van der Waals surface area contributed by atoms with Crippen LogP contribution in [-0.2, 0) is 0 Å². The highest BCUT2D eigenvalue weighted by Crippen LogP contribution is 2.36. The fraction of sp³-hybridized carbons (Fsp3) is 0.231. The van der Waals surface area contributed by atoms with Crippen LogP contribution in [0, 0.1) is 6.92 Å². The van der Waals surface area contributed by atoms with Crippen molar-refractivity contribution in [3.8, 4) is 0 Å². The van der Waals surface area contributed by atoms with Crippen molar-refractivity contribution in [2.75, 3.05) is 17.2 Å². The molecule has 2 rings (SSSR count). The van der Waals surface area contributed by atoms with Gasteiger partial charge in [-0.05, 0) is 41.9 Å². The average Bonchev–Trinajstić information content (AvgIpc) is 2.39. The molecular formula is C13H13BrCl2N4. The molecule has 1 aromatic heterocycles. The summed E-state index contributed by atoms with van der Waals surface area (Å²) in [5.41, 5.74) is 1.55. The SMILES string of the molecule is CCNc1nc(C)cc(Nc2ccc(Br)c(Cl)c2Cl)n1. The van der Waals surface area contributed by atoms with Gasteiger partial charge in [-0.2, -0.15) is 4.98 Å². The summed E-state index contributed by atoms with van der Waals surface area (Å²) in [4.78, 5) is 8.66. The number of anilines is 3. The molecule has 0 saturated heterocycles. The highest BCUT2D eigenvalue weighted by molar-refractivity contribution is 9.10. The van der Waals surface area contributed by atoms with Crippen LogP contribution in [-0.4, -0.2) is 16.5 Å². The standard InChI is InChI=1S/C13H13BrCl2N4/c1-3-17-13-18-7(2)6-10(20-13)19-9-5-4-8(14)11(15)12(9)16/h4-6H,3H2,1-2H3,(H2,17,18,19,20). The van der Waals surface area contributed by atoms with Gasteiger partial charge in [0.1, 0.15) is 5.82 Å². The van der Waals surface area contributed by atoms with E-state index in [0.717, 1.165) is 16.7 Å². The van der Waals surface area contributed by atoms with E-state index in [9.17, 15) is 0 Å². The van der Waals surface area contributed by atoms with Crippen molar-refractivity contribution in [1.29, 1.82) is 0 Å². The smallest absolute Gasteiger partial charge is 0.224 e. The highest BCUT2D eigenvalue weighted by atomic mass is 79.9. The minimum Gasteiger partial charge on any atom is -0.354 e. The quantitative estimate of drug-likeness (QED) is 0.735. The van der Waals surface area contributed by atoms with E-state index in [0.29, 0.717) is 27.5 Å². The van der Waals surface area contributed by atoms with Crippen LogP contribution >= 0.6 is 39.1 Å². The van der Waals surface area contributed by atoms with E-state index < -0.39 is 0 Å². The molecule has 0 radical (unpaired) electrons. The Hall–Kier alpha value is -1.04. The number of benzene rings is 1. The highest BCUT2D eigenvalue weighted by Gasteiger charge is 2.10. The Morgan fingerprint density at radius 2 is 1.95 bits per heavy atom. The maximum Gasteiger partial charge on any atom is 0.224 e. The molecule has 0 unspecified atom stereocenters. The van der Waals surface area contributed by atoms with Crippen molar-refractivity contribution in [2.45, 2.75) is 13.8 Å². The van der Waals surface area contributed by atoms with Gasteiger partial charge in [-0.15, -0.1) is 0 Å². The van der Waals surface area contributed by atoms with Crippen LogP contribution in [0.5, 0.6) is 0 Å². The Bertz CT molecular complexity index is 634. The molecule has 7 heteroatoms. The van der Waals surface area contributed by atoms with Crippen LogP contribution in [0.25, 0.3) is 0 Å². The van der Waals surface area contributed by atoms with Gasteiger partial charge in [0.05, 0.1) is 15.7 Å². The van der Waals surface area contributed by atoms with E-state index >= 15 is 0 Å². The van der Waals surface area contributed by atoms with Gasteiger partial charge in [0.25, 0.3) is 0 Å². The molecule has 1 heterocycles. The van der Waals surface area contributed by atoms with Crippen molar-refractivity contribution in [2.24, 2.45) is 0 Å². The summed E-state index contributed by atoms with van der Waals surface area (Å²) in [5.74, 6) is 1.24. The fourth-order valence-electron chi connectivity index (χ4n) is 1.63. The lowest BCUT2D eigenvalue weighted by Gasteiger charge is -2.11. The first kappa shape index (κ1) is 15.4. The van der Waals surface area contributed by atoms with Crippen molar-refractivity contribution >= 4 is 56.6 Å². The normalized spacial score (nSPS) is 10.4. The van der Waals surface area contributed by atoms with Gasteiger partial charge in [-0.3, -0.25) is 0 Å². The zero-order valence-corrected chi connectivity index (χ0v) is 14.1. The van der Waals surface area contributed by atoms with Gasteiger partial charge >= 0.3 is 0 Å². The van der Waals surface area contributed by atoms with E-state index in [1.165, 1.54) is 0 Å². The molecule has 2 N–H and O–H groups in total. The van der Waals surface area contributed by atoms with E-state index in [1.807, 2.05) is 32.0 Å². The molecule has 0 aliphatic heterocycles. The second-order valence-corrected chi connectivity index (χ2v) is 5.71. The van der Waals surface area contributed by atoms with Crippen molar-refractivity contribution in [3.05, 3.63) is 38.4 Å². The molecule has 0 amide bonds. The lowest BCUT2D eigenvalue weighted by molar-refractivity contribution is 1.05. The van der Waals surface area contributed by atoms with Crippen molar-refractivity contribution in [3.63, 3.8) is 0 Å². The topological polar surface area (TPSA) is 49.8 Å². The van der Waals surface area contributed by atoms with E-state index in [4.69, 9.17) is 23.2 Å². The van der Waals surface area contributed by atoms with Gasteiger partial charge in [0, 0.05) is 22.8 Å². The number of aryl methyl sites for hydroxylation is 1. The number of rotatable bonds is 4. The van der Waals surface area contributed by atoms with Crippen molar-refractivity contribution in [1.82, 2.24) is 9.97 Å². The first-order chi connectivity index (χ1) is 9.51. The van der Waals surface area contributed by atoms with Crippen molar-refractivity contribution < 1.29 is 0 Å². The summed E-state index contributed by atoms with van der Waals surface area (Å²) in [6.45, 7) is 4.65. The molecular weight excluding hydrogens is 363 g/mol. The maximum absolute atomic E-state index is 6.21. The summed E-state index contributed by atoms with van der Waals surface area (Å²) in [7, 11) is 0. The Morgan fingerprint density at radius 3 is 2.65 bits per heavy atom. The second kappa shape index (κ2) is 6.61. The molecule has 1 aromatic carbocycles. The molecule has 0 bridgehead atoms. The summed E-state index contributed by atoms with van der Waals surface area (Å²) >= 11 is 15.6. The van der Waals surface area contributed by atoms with Gasteiger partial charge in [0.2, 0.25) is 5.95 Å². The predicted molar refractivity (Wildman–Crippen MR) is 88.4 cm³/mol. The van der Waals surface area contributed by atoms with E-state index in [1.54, 1.807) is 0 Å². The summed E-state index contributed by atoms with van der Waals surface area (Å²) in [5, 5.41) is 7.15. The lowest BCUT2D eigenvalue weighted by atomic mass is 10.3. The maximum atomic E-state index is 6.21. The van der Waals surface area contributed by atoms with Gasteiger partial charge in [-0.1, -0.05) is 23.2 Å². The minimum absolute atomic E-state index is 0.447. The molecule has 0 saturated carbocycles. The van der Waals surface area contributed by atoms with Crippen LogP contribution in [0.2, 0.25) is 10.0 Å². The van der Waals surface area contributed by atoms with E-state index in [2.05, 4.69) is 36.5 Å². The molecule has 106 valence electrons. The molecule has 20 heavy (non-hydrogen) atoms. The number of nitrogens with one attached hydrogen (secondary N) is 2. The summed E-state index contributed by atoms with van der Waals surface area (Å²) in [6.07, 6.45) is 0. The summed E-state index contributed by atoms with van der Waals surface area (Å²) in [6, 6.07) is 5.51. The zero-order valence-electron chi connectivity index (χ0n) is 11.0. The molecule has 0 fully saturated rings. The Kier molecular flexibility index (Phi) is 5.07. The van der Waals surface area contributed by atoms with Gasteiger partial charge < -0.3 is 10.6 Å². The van der Waals surface area contributed by atoms with Gasteiger partial charge in [0.15, 0.2) is 0 Å². The molecule has 0 atom stereocenters. The third-order valence-electron chi connectivity index (χ3n) is 2.49. The Balaban J connectivity index is 2.32. The number of halogens is 3. The molecule has 0 aliphatic carbocycles. The third kappa shape index (κ3) is 3.53. The van der Waals surface area contributed by atoms with Crippen LogP contribution in [0.3, 0.4) is 0 Å².